The summed E-state index contributed by atoms with van der Waals surface area (Å²) >= 11 is 0. The number of nitrogens with one attached hydrogen (secondary N) is 2. The highest BCUT2D eigenvalue weighted by atomic mass is 16.5. The van der Waals surface area contributed by atoms with Gasteiger partial charge in [0.1, 0.15) is 5.75 Å². The fraction of sp³-hybridized carbons (Fsp3) is 0.364. The Morgan fingerprint density at radius 2 is 1.86 bits per heavy atom. The maximum atomic E-state index is 12.3. The van der Waals surface area contributed by atoms with E-state index in [1.165, 1.54) is 0 Å². The summed E-state index contributed by atoms with van der Waals surface area (Å²) in [5, 5.41) is 5.68. The Morgan fingerprint density at radius 3 is 2.50 bits per heavy atom. The number of ether oxygens (including phenoxy) is 2. The molecule has 2 amide bonds. The number of hydrogen-bond acceptors (Lipinski definition) is 4. The lowest BCUT2D eigenvalue weighted by molar-refractivity contribution is -0.122. The van der Waals surface area contributed by atoms with Gasteiger partial charge in [0.05, 0.1) is 6.10 Å². The van der Waals surface area contributed by atoms with Gasteiger partial charge in [0.2, 0.25) is 0 Å². The van der Waals surface area contributed by atoms with Gasteiger partial charge in [0.15, 0.2) is 6.10 Å². The van der Waals surface area contributed by atoms with Crippen LogP contribution in [0.5, 0.6) is 5.75 Å². The molecule has 6 nitrogen and oxygen atoms in total. The monoisotopic (exact) mass is 382 g/mol. The summed E-state index contributed by atoms with van der Waals surface area (Å²) in [6, 6.07) is 14.3. The smallest absolute Gasteiger partial charge is 0.265 e. The minimum atomic E-state index is -0.642. The Bertz CT molecular complexity index is 796. The average Bonchev–Trinajstić information content (AvgIpc) is 3.22. The van der Waals surface area contributed by atoms with Crippen LogP contribution in [0.1, 0.15) is 35.7 Å². The molecule has 0 aliphatic carbocycles. The molecule has 0 bridgehead atoms. The van der Waals surface area contributed by atoms with Crippen molar-refractivity contribution in [2.24, 2.45) is 0 Å². The molecule has 2 atom stereocenters. The molecule has 0 aromatic heterocycles. The van der Waals surface area contributed by atoms with Gasteiger partial charge in [-0.15, -0.1) is 0 Å². The molecule has 3 rings (SSSR count). The van der Waals surface area contributed by atoms with Gasteiger partial charge in [-0.25, -0.2) is 0 Å². The molecule has 0 spiro atoms. The van der Waals surface area contributed by atoms with E-state index in [0.29, 0.717) is 23.5 Å². The standard InChI is InChI=1S/C22H26N2O4/c1-15-5-11-19(12-6-15)28-16(2)21(25)24-18-9-7-17(8-10-18)22(26)23-14-20-4-3-13-27-20/h5-12,16,20H,3-4,13-14H2,1-2H3,(H,23,26)(H,24,25). The van der Waals surface area contributed by atoms with Crippen molar-refractivity contribution < 1.29 is 19.1 Å². The van der Waals surface area contributed by atoms with E-state index >= 15 is 0 Å². The predicted octanol–water partition coefficient (Wildman–Crippen LogP) is 3.31. The number of carbonyl (C=O) groups is 2. The fourth-order valence-electron chi connectivity index (χ4n) is 2.94. The Labute approximate surface area is 165 Å². The third-order valence-electron chi connectivity index (χ3n) is 4.63. The normalized spacial score (nSPS) is 17.0. The first-order valence-corrected chi connectivity index (χ1v) is 9.55. The first kappa shape index (κ1) is 19.9. The van der Waals surface area contributed by atoms with E-state index in [-0.39, 0.29) is 17.9 Å². The zero-order chi connectivity index (χ0) is 19.9. The van der Waals surface area contributed by atoms with Gasteiger partial charge in [-0.05, 0) is 63.1 Å². The molecular formula is C22H26N2O4. The predicted molar refractivity (Wildman–Crippen MR) is 108 cm³/mol. The Balaban J connectivity index is 1.49. The number of benzene rings is 2. The molecule has 6 heteroatoms. The molecule has 28 heavy (non-hydrogen) atoms. The third-order valence-corrected chi connectivity index (χ3v) is 4.63. The van der Waals surface area contributed by atoms with Crippen LogP contribution in [0.15, 0.2) is 48.5 Å². The van der Waals surface area contributed by atoms with Gasteiger partial charge in [-0.2, -0.15) is 0 Å². The molecule has 1 aliphatic rings. The molecule has 2 unspecified atom stereocenters. The molecule has 1 aliphatic heterocycles. The molecule has 2 aromatic carbocycles. The number of rotatable bonds is 7. The maximum absolute atomic E-state index is 12.3. The fourth-order valence-corrected chi connectivity index (χ4v) is 2.94. The van der Waals surface area contributed by atoms with Gasteiger partial charge in [-0.1, -0.05) is 17.7 Å². The topological polar surface area (TPSA) is 76.7 Å². The van der Waals surface area contributed by atoms with Gasteiger partial charge < -0.3 is 20.1 Å². The van der Waals surface area contributed by atoms with Crippen molar-refractivity contribution in [1.82, 2.24) is 5.32 Å². The lowest BCUT2D eigenvalue weighted by Gasteiger charge is -2.15. The van der Waals surface area contributed by atoms with E-state index in [0.717, 1.165) is 25.0 Å². The maximum Gasteiger partial charge on any atom is 0.265 e. The van der Waals surface area contributed by atoms with Gasteiger partial charge >= 0.3 is 0 Å². The molecule has 1 heterocycles. The molecule has 1 fully saturated rings. The van der Waals surface area contributed by atoms with Crippen LogP contribution in [0.3, 0.4) is 0 Å². The number of amides is 2. The van der Waals surface area contributed by atoms with E-state index in [1.807, 2.05) is 31.2 Å². The number of anilines is 1. The number of hydrogen-bond donors (Lipinski definition) is 2. The van der Waals surface area contributed by atoms with Crippen molar-refractivity contribution in [3.05, 3.63) is 59.7 Å². The van der Waals surface area contributed by atoms with E-state index in [4.69, 9.17) is 9.47 Å². The zero-order valence-corrected chi connectivity index (χ0v) is 16.2. The van der Waals surface area contributed by atoms with E-state index in [1.54, 1.807) is 31.2 Å². The van der Waals surface area contributed by atoms with Crippen molar-refractivity contribution >= 4 is 17.5 Å². The summed E-state index contributed by atoms with van der Waals surface area (Å²) in [7, 11) is 0. The lowest BCUT2D eigenvalue weighted by Crippen LogP contribution is -2.32. The molecular weight excluding hydrogens is 356 g/mol. The molecule has 148 valence electrons. The van der Waals surface area contributed by atoms with Crippen LogP contribution >= 0.6 is 0 Å². The van der Waals surface area contributed by atoms with Crippen molar-refractivity contribution in [2.45, 2.75) is 38.9 Å². The van der Waals surface area contributed by atoms with Crippen LogP contribution < -0.4 is 15.4 Å². The SMILES string of the molecule is Cc1ccc(OC(C)C(=O)Nc2ccc(C(=O)NCC3CCCO3)cc2)cc1. The second-order valence-electron chi connectivity index (χ2n) is 6.98. The summed E-state index contributed by atoms with van der Waals surface area (Å²) in [6.45, 7) is 4.97. The summed E-state index contributed by atoms with van der Waals surface area (Å²) < 4.78 is 11.2. The molecule has 2 aromatic rings. The summed E-state index contributed by atoms with van der Waals surface area (Å²) in [6.07, 6.45) is 1.49. The number of aryl methyl sites for hydroxylation is 1. The summed E-state index contributed by atoms with van der Waals surface area (Å²) in [5.41, 5.74) is 2.28. The minimum absolute atomic E-state index is 0.109. The first-order chi connectivity index (χ1) is 13.5. The van der Waals surface area contributed by atoms with Crippen molar-refractivity contribution in [1.29, 1.82) is 0 Å². The zero-order valence-electron chi connectivity index (χ0n) is 16.2. The van der Waals surface area contributed by atoms with E-state index < -0.39 is 6.10 Å². The minimum Gasteiger partial charge on any atom is -0.481 e. The Hall–Kier alpha value is -2.86. The van der Waals surface area contributed by atoms with Crippen LogP contribution in [-0.4, -0.2) is 37.2 Å². The van der Waals surface area contributed by atoms with Crippen LogP contribution in [-0.2, 0) is 9.53 Å². The van der Waals surface area contributed by atoms with E-state index in [9.17, 15) is 9.59 Å². The van der Waals surface area contributed by atoms with Crippen LogP contribution in [0.2, 0.25) is 0 Å². The summed E-state index contributed by atoms with van der Waals surface area (Å²) in [5.74, 6) is 0.243. The Morgan fingerprint density at radius 1 is 1.14 bits per heavy atom. The van der Waals surface area contributed by atoms with Crippen molar-refractivity contribution in [3.8, 4) is 5.75 Å². The lowest BCUT2D eigenvalue weighted by atomic mass is 10.1. The molecule has 1 saturated heterocycles. The molecule has 2 N–H and O–H groups in total. The average molecular weight is 382 g/mol. The second kappa shape index (κ2) is 9.37. The van der Waals surface area contributed by atoms with Crippen LogP contribution in [0.25, 0.3) is 0 Å². The van der Waals surface area contributed by atoms with Crippen LogP contribution in [0.4, 0.5) is 5.69 Å². The largest absolute Gasteiger partial charge is 0.481 e. The van der Waals surface area contributed by atoms with Gasteiger partial charge in [-0.3, -0.25) is 9.59 Å². The van der Waals surface area contributed by atoms with Crippen molar-refractivity contribution in [3.63, 3.8) is 0 Å². The van der Waals surface area contributed by atoms with Crippen LogP contribution in [0, 0.1) is 6.92 Å². The highest BCUT2D eigenvalue weighted by Crippen LogP contribution is 2.15. The molecule has 0 saturated carbocycles. The Kier molecular flexibility index (Phi) is 6.66. The highest BCUT2D eigenvalue weighted by molar-refractivity contribution is 5.96. The first-order valence-electron chi connectivity index (χ1n) is 9.55. The molecule has 0 radical (unpaired) electrons. The number of carbonyl (C=O) groups excluding carboxylic acids is 2. The second-order valence-corrected chi connectivity index (χ2v) is 6.98. The van der Waals surface area contributed by atoms with Crippen molar-refractivity contribution in [2.75, 3.05) is 18.5 Å². The quantitative estimate of drug-likeness (QED) is 0.770. The van der Waals surface area contributed by atoms with Gasteiger partial charge in [0.25, 0.3) is 11.8 Å². The van der Waals surface area contributed by atoms with Gasteiger partial charge in [0, 0.05) is 24.4 Å². The summed E-state index contributed by atoms with van der Waals surface area (Å²) in [4.78, 5) is 24.5. The van der Waals surface area contributed by atoms with E-state index in [2.05, 4.69) is 10.6 Å². The highest BCUT2D eigenvalue weighted by Gasteiger charge is 2.17. The third kappa shape index (κ3) is 5.57.